The summed E-state index contributed by atoms with van der Waals surface area (Å²) in [4.78, 5) is 9.99. The Morgan fingerprint density at radius 3 is 2.81 bits per heavy atom. The Labute approximate surface area is 126 Å². The molecule has 1 atom stereocenters. The van der Waals surface area contributed by atoms with Gasteiger partial charge in [0.05, 0.1) is 10.6 Å². The number of nitrogens with zero attached hydrogens (tertiary/aromatic N) is 1. The molecular formula is C11H16N4O4S2. The molecule has 4 N–H and O–H groups in total. The van der Waals surface area contributed by atoms with Gasteiger partial charge in [-0.05, 0) is 24.7 Å². The topological polar surface area (TPSA) is 127 Å². The molecular weight excluding hydrogens is 316 g/mol. The number of hydrazine groups is 1. The standard InChI is InChI=1S/C11H16N4O4S2/c12-14-10-6-8(15(16)17)3-4-11(10)21(18,19)13-7-9-2-1-5-20-9/h3-4,6,9,13-14H,1-2,5,7,12H2. The first-order chi connectivity index (χ1) is 9.94. The van der Waals surface area contributed by atoms with Crippen molar-refractivity contribution in [3.8, 4) is 0 Å². The highest BCUT2D eigenvalue weighted by molar-refractivity contribution is 8.00. The van der Waals surface area contributed by atoms with Crippen LogP contribution in [-0.4, -0.2) is 30.9 Å². The molecule has 0 spiro atoms. The van der Waals surface area contributed by atoms with Crippen LogP contribution < -0.4 is 16.0 Å². The molecule has 1 saturated heterocycles. The number of benzene rings is 1. The van der Waals surface area contributed by atoms with Gasteiger partial charge < -0.3 is 5.43 Å². The molecule has 1 aliphatic heterocycles. The van der Waals surface area contributed by atoms with Crippen LogP contribution in [0.5, 0.6) is 0 Å². The monoisotopic (exact) mass is 332 g/mol. The Kier molecular flexibility index (Phi) is 5.04. The van der Waals surface area contributed by atoms with Crippen LogP contribution in [0.3, 0.4) is 0 Å². The predicted octanol–water partition coefficient (Wildman–Crippen LogP) is 1.05. The maximum absolute atomic E-state index is 12.3. The number of anilines is 1. The fourth-order valence-corrected chi connectivity index (χ4v) is 4.60. The van der Waals surface area contributed by atoms with Crippen LogP contribution in [0.15, 0.2) is 23.1 Å². The summed E-state index contributed by atoms with van der Waals surface area (Å²) in [5.74, 6) is 6.31. The SMILES string of the molecule is NNc1cc([N+](=O)[O-])ccc1S(=O)(=O)NCC1CCCS1. The van der Waals surface area contributed by atoms with Crippen molar-refractivity contribution in [2.75, 3.05) is 17.7 Å². The van der Waals surface area contributed by atoms with Gasteiger partial charge in [0, 0.05) is 23.9 Å². The number of thioether (sulfide) groups is 1. The zero-order valence-electron chi connectivity index (χ0n) is 11.1. The van der Waals surface area contributed by atoms with Crippen LogP contribution in [-0.2, 0) is 10.0 Å². The molecule has 0 aliphatic carbocycles. The highest BCUT2D eigenvalue weighted by atomic mass is 32.2. The normalized spacial score (nSPS) is 18.6. The van der Waals surface area contributed by atoms with Gasteiger partial charge in [-0.2, -0.15) is 11.8 Å². The van der Waals surface area contributed by atoms with Crippen molar-refractivity contribution in [1.29, 1.82) is 0 Å². The molecule has 8 nitrogen and oxygen atoms in total. The summed E-state index contributed by atoms with van der Waals surface area (Å²) in [6.07, 6.45) is 2.07. The quantitative estimate of drug-likeness (QED) is 0.403. The van der Waals surface area contributed by atoms with Gasteiger partial charge in [0.15, 0.2) is 0 Å². The minimum Gasteiger partial charge on any atom is -0.323 e. The Hall–Kier alpha value is -1.36. The molecule has 1 heterocycles. The average Bonchev–Trinajstić information content (AvgIpc) is 2.97. The van der Waals surface area contributed by atoms with E-state index in [0.717, 1.165) is 30.7 Å². The molecule has 1 fully saturated rings. The number of rotatable bonds is 6. The molecule has 1 aromatic carbocycles. The lowest BCUT2D eigenvalue weighted by atomic mass is 10.2. The molecule has 1 unspecified atom stereocenters. The smallest absolute Gasteiger partial charge is 0.271 e. The second kappa shape index (κ2) is 6.60. The van der Waals surface area contributed by atoms with Crippen molar-refractivity contribution < 1.29 is 13.3 Å². The first kappa shape index (κ1) is 16.0. The van der Waals surface area contributed by atoms with Crippen molar-refractivity contribution in [3.63, 3.8) is 0 Å². The number of nitrogen functional groups attached to an aromatic ring is 1. The van der Waals surface area contributed by atoms with Crippen LogP contribution in [0.2, 0.25) is 0 Å². The van der Waals surface area contributed by atoms with Crippen molar-refractivity contribution in [1.82, 2.24) is 4.72 Å². The van der Waals surface area contributed by atoms with Crippen molar-refractivity contribution in [3.05, 3.63) is 28.3 Å². The third kappa shape index (κ3) is 3.84. The Balaban J connectivity index is 2.20. The van der Waals surface area contributed by atoms with Crippen LogP contribution in [0.25, 0.3) is 0 Å². The van der Waals surface area contributed by atoms with Gasteiger partial charge in [0.2, 0.25) is 10.0 Å². The van der Waals surface area contributed by atoms with Gasteiger partial charge in [0.1, 0.15) is 4.90 Å². The first-order valence-electron chi connectivity index (χ1n) is 6.30. The number of non-ortho nitro benzene ring substituents is 1. The first-order valence-corrected chi connectivity index (χ1v) is 8.83. The molecule has 0 amide bonds. The molecule has 10 heteroatoms. The number of nitrogens with two attached hydrogens (primary N) is 1. The Bertz CT molecular complexity index is 629. The van der Waals surface area contributed by atoms with E-state index in [0.29, 0.717) is 6.54 Å². The Morgan fingerprint density at radius 1 is 1.48 bits per heavy atom. The highest BCUT2D eigenvalue weighted by Gasteiger charge is 2.23. The van der Waals surface area contributed by atoms with E-state index in [1.54, 1.807) is 11.8 Å². The molecule has 21 heavy (non-hydrogen) atoms. The van der Waals surface area contributed by atoms with Gasteiger partial charge in [-0.3, -0.25) is 16.0 Å². The summed E-state index contributed by atoms with van der Waals surface area (Å²) in [5, 5.41) is 11.0. The van der Waals surface area contributed by atoms with E-state index in [4.69, 9.17) is 5.84 Å². The minimum absolute atomic E-state index is 0.00391. The van der Waals surface area contributed by atoms with E-state index >= 15 is 0 Å². The third-order valence-corrected chi connectivity index (χ3v) is 6.02. The van der Waals surface area contributed by atoms with Gasteiger partial charge in [-0.15, -0.1) is 0 Å². The van der Waals surface area contributed by atoms with Crippen LogP contribution >= 0.6 is 11.8 Å². The van der Waals surface area contributed by atoms with Crippen molar-refractivity contribution in [2.45, 2.75) is 23.0 Å². The highest BCUT2D eigenvalue weighted by Crippen LogP contribution is 2.28. The van der Waals surface area contributed by atoms with E-state index in [-0.39, 0.29) is 21.5 Å². The summed E-state index contributed by atoms with van der Waals surface area (Å²) >= 11 is 1.74. The largest absolute Gasteiger partial charge is 0.323 e. The van der Waals surface area contributed by atoms with Crippen molar-refractivity contribution in [2.24, 2.45) is 5.84 Å². The number of hydrogen-bond acceptors (Lipinski definition) is 7. The summed E-state index contributed by atoms with van der Waals surface area (Å²) in [6, 6.07) is 3.41. The van der Waals surface area contributed by atoms with Gasteiger partial charge in [0.25, 0.3) is 5.69 Å². The summed E-state index contributed by atoms with van der Waals surface area (Å²) < 4.78 is 27.1. The molecule has 0 saturated carbocycles. The Morgan fingerprint density at radius 2 is 2.24 bits per heavy atom. The third-order valence-electron chi connectivity index (χ3n) is 3.14. The lowest BCUT2D eigenvalue weighted by Crippen LogP contribution is -2.30. The number of sulfonamides is 1. The zero-order valence-corrected chi connectivity index (χ0v) is 12.7. The summed E-state index contributed by atoms with van der Waals surface area (Å²) in [5.41, 5.74) is 1.96. The van der Waals surface area contributed by atoms with Gasteiger partial charge >= 0.3 is 0 Å². The minimum atomic E-state index is -3.76. The lowest BCUT2D eigenvalue weighted by Gasteiger charge is -2.13. The number of nitro groups is 1. The predicted molar refractivity (Wildman–Crippen MR) is 81.6 cm³/mol. The van der Waals surface area contributed by atoms with Gasteiger partial charge in [-0.1, -0.05) is 0 Å². The summed E-state index contributed by atoms with van der Waals surface area (Å²) in [7, 11) is -3.76. The average molecular weight is 332 g/mol. The number of hydrogen-bond donors (Lipinski definition) is 3. The van der Waals surface area contributed by atoms with E-state index in [9.17, 15) is 18.5 Å². The van der Waals surface area contributed by atoms with E-state index in [1.807, 2.05) is 0 Å². The van der Waals surface area contributed by atoms with E-state index in [1.165, 1.54) is 6.07 Å². The van der Waals surface area contributed by atoms with Crippen molar-refractivity contribution >= 4 is 33.2 Å². The lowest BCUT2D eigenvalue weighted by molar-refractivity contribution is -0.384. The molecule has 1 aliphatic rings. The second-order valence-corrected chi connectivity index (χ2v) is 7.71. The molecule has 0 bridgehead atoms. The maximum Gasteiger partial charge on any atom is 0.271 e. The van der Waals surface area contributed by atoms with Crippen LogP contribution in [0.4, 0.5) is 11.4 Å². The number of nitro benzene ring substituents is 1. The fourth-order valence-electron chi connectivity index (χ4n) is 2.06. The van der Waals surface area contributed by atoms with E-state index in [2.05, 4.69) is 10.1 Å². The molecule has 2 rings (SSSR count). The maximum atomic E-state index is 12.3. The van der Waals surface area contributed by atoms with Gasteiger partial charge in [-0.25, -0.2) is 13.1 Å². The molecule has 1 aromatic rings. The molecule has 116 valence electrons. The van der Waals surface area contributed by atoms with Crippen LogP contribution in [0.1, 0.15) is 12.8 Å². The molecule has 0 aromatic heterocycles. The fraction of sp³-hybridized carbons (Fsp3) is 0.455. The van der Waals surface area contributed by atoms with E-state index < -0.39 is 14.9 Å². The molecule has 0 radical (unpaired) electrons. The second-order valence-electron chi connectivity index (χ2n) is 4.57. The summed E-state index contributed by atoms with van der Waals surface area (Å²) in [6.45, 7) is 0.341. The van der Waals surface area contributed by atoms with Crippen LogP contribution in [0, 0.1) is 10.1 Å². The zero-order chi connectivity index (χ0) is 15.5. The number of nitrogens with one attached hydrogen (secondary N) is 2.